The van der Waals surface area contributed by atoms with Crippen LogP contribution in [0.4, 0.5) is 0 Å². The number of thiophene rings is 1. The molecule has 0 saturated heterocycles. The molecule has 25 heavy (non-hydrogen) atoms. The number of rotatable bonds is 1. The summed E-state index contributed by atoms with van der Waals surface area (Å²) in [7, 11) is 0. The van der Waals surface area contributed by atoms with Crippen molar-refractivity contribution < 1.29 is 12.4 Å². The summed E-state index contributed by atoms with van der Waals surface area (Å²) in [4.78, 5) is 8.07. The van der Waals surface area contributed by atoms with Crippen molar-refractivity contribution in [3.05, 3.63) is 52.0 Å². The van der Waals surface area contributed by atoms with Gasteiger partial charge < -0.3 is 12.4 Å². The van der Waals surface area contributed by atoms with Crippen LogP contribution >= 0.6 is 11.3 Å². The van der Waals surface area contributed by atoms with Gasteiger partial charge in [0.15, 0.2) is 0 Å². The van der Waals surface area contributed by atoms with E-state index in [1.165, 1.54) is 65.6 Å². The van der Waals surface area contributed by atoms with Crippen LogP contribution < -0.4 is 12.4 Å². The zero-order chi connectivity index (χ0) is 16.1. The van der Waals surface area contributed by atoms with Crippen molar-refractivity contribution in [1.29, 1.82) is 0 Å². The summed E-state index contributed by atoms with van der Waals surface area (Å²) in [6, 6.07) is 11.1. The molecule has 2 aromatic heterocycles. The van der Waals surface area contributed by atoms with Gasteiger partial charge in [-0.15, -0.1) is 11.3 Å². The molecule has 0 N–H and O–H groups in total. The minimum Gasteiger partial charge on any atom is -1.00 e. The molecule has 2 aliphatic rings. The predicted octanol–water partition coefficient (Wildman–Crippen LogP) is 2.97. The fourth-order valence-corrected chi connectivity index (χ4v) is 5.85. The second-order valence-corrected chi connectivity index (χ2v) is 8.60. The lowest BCUT2D eigenvalue weighted by molar-refractivity contribution is -0.00000481. The fourth-order valence-electron chi connectivity index (χ4n) is 4.56. The summed E-state index contributed by atoms with van der Waals surface area (Å²) >= 11 is 1.97. The standard InChI is InChI=1S/C22H23NS.ClH/c1-14-11-12-18-17(13-14)20(15-7-3-2-4-8-15)21-16-9-5-6-10-19(16)24-22(21)23-18;/h2-4,7-8,14H,5-6,9-13H2,1H3;1H/p-1. The first kappa shape index (κ1) is 17.1. The van der Waals surface area contributed by atoms with Gasteiger partial charge in [0, 0.05) is 16.0 Å². The number of pyridine rings is 1. The second-order valence-electron chi connectivity index (χ2n) is 7.52. The third-order valence-electron chi connectivity index (χ3n) is 5.78. The molecule has 1 atom stereocenters. The van der Waals surface area contributed by atoms with Crippen LogP contribution in [0.15, 0.2) is 30.3 Å². The summed E-state index contributed by atoms with van der Waals surface area (Å²) in [5, 5.41) is 1.49. The number of benzene rings is 1. The van der Waals surface area contributed by atoms with Gasteiger partial charge in [-0.2, -0.15) is 0 Å². The Balaban J connectivity index is 0.00000157. The summed E-state index contributed by atoms with van der Waals surface area (Å²) in [6.07, 6.45) is 8.79. The minimum atomic E-state index is 0. The molecular formula is C22H23ClNS-. The minimum absolute atomic E-state index is 0. The van der Waals surface area contributed by atoms with Crippen LogP contribution in [-0.2, 0) is 25.7 Å². The average Bonchev–Trinajstić information content (AvgIpc) is 2.98. The first-order valence-electron chi connectivity index (χ1n) is 9.32. The quantitative estimate of drug-likeness (QED) is 0.643. The van der Waals surface area contributed by atoms with E-state index >= 15 is 0 Å². The lowest BCUT2D eigenvalue weighted by Gasteiger charge is -2.25. The normalized spacial score (nSPS) is 19.2. The van der Waals surface area contributed by atoms with Crippen molar-refractivity contribution in [3.63, 3.8) is 0 Å². The van der Waals surface area contributed by atoms with Crippen molar-refractivity contribution in [2.24, 2.45) is 5.92 Å². The molecule has 5 rings (SSSR count). The molecule has 0 amide bonds. The van der Waals surface area contributed by atoms with Crippen LogP contribution in [0.25, 0.3) is 21.3 Å². The topological polar surface area (TPSA) is 12.9 Å². The van der Waals surface area contributed by atoms with E-state index in [1.807, 2.05) is 11.3 Å². The van der Waals surface area contributed by atoms with Crippen molar-refractivity contribution in [2.75, 3.05) is 0 Å². The number of fused-ring (bicyclic) bond motifs is 4. The number of nitrogens with zero attached hydrogens (tertiary/aromatic N) is 1. The summed E-state index contributed by atoms with van der Waals surface area (Å²) in [5.41, 5.74) is 7.44. The second kappa shape index (κ2) is 6.74. The smallest absolute Gasteiger partial charge is 0.124 e. The van der Waals surface area contributed by atoms with Gasteiger partial charge in [0.2, 0.25) is 0 Å². The number of hydrogen-bond acceptors (Lipinski definition) is 2. The van der Waals surface area contributed by atoms with Crippen LogP contribution in [0.2, 0.25) is 0 Å². The maximum absolute atomic E-state index is 5.16. The van der Waals surface area contributed by atoms with Crippen molar-refractivity contribution in [2.45, 2.75) is 51.9 Å². The van der Waals surface area contributed by atoms with Gasteiger partial charge >= 0.3 is 0 Å². The zero-order valence-electron chi connectivity index (χ0n) is 14.6. The molecule has 1 nitrogen and oxygen atoms in total. The Morgan fingerprint density at radius 2 is 1.80 bits per heavy atom. The van der Waals surface area contributed by atoms with Crippen molar-refractivity contribution in [3.8, 4) is 11.1 Å². The Bertz CT molecular complexity index is 913. The van der Waals surface area contributed by atoms with Crippen LogP contribution in [0.3, 0.4) is 0 Å². The third kappa shape index (κ3) is 2.80. The Morgan fingerprint density at radius 1 is 1.00 bits per heavy atom. The van der Waals surface area contributed by atoms with Gasteiger partial charge in [-0.3, -0.25) is 0 Å². The molecule has 0 saturated carbocycles. The third-order valence-corrected chi connectivity index (χ3v) is 6.96. The molecule has 0 bridgehead atoms. The van der Waals surface area contributed by atoms with E-state index in [2.05, 4.69) is 37.3 Å². The SMILES string of the molecule is CC1CCc2nc3sc4c(c3c(-c3ccccc3)c2C1)CCCC4.[Cl-]. The first-order chi connectivity index (χ1) is 11.8. The van der Waals surface area contributed by atoms with E-state index in [9.17, 15) is 0 Å². The Labute approximate surface area is 159 Å². The van der Waals surface area contributed by atoms with E-state index < -0.39 is 0 Å². The molecule has 2 aliphatic carbocycles. The van der Waals surface area contributed by atoms with Crippen molar-refractivity contribution >= 4 is 21.6 Å². The highest BCUT2D eigenvalue weighted by Crippen LogP contribution is 2.44. The summed E-state index contributed by atoms with van der Waals surface area (Å²) in [5.74, 6) is 0.772. The Kier molecular flexibility index (Phi) is 4.59. The van der Waals surface area contributed by atoms with Gasteiger partial charge in [-0.05, 0) is 73.1 Å². The number of aromatic nitrogens is 1. The van der Waals surface area contributed by atoms with Gasteiger partial charge in [0.05, 0.1) is 0 Å². The molecule has 0 radical (unpaired) electrons. The zero-order valence-corrected chi connectivity index (χ0v) is 16.2. The highest BCUT2D eigenvalue weighted by molar-refractivity contribution is 7.19. The van der Waals surface area contributed by atoms with Crippen LogP contribution in [0.1, 0.15) is 47.9 Å². The van der Waals surface area contributed by atoms with Crippen LogP contribution in [-0.4, -0.2) is 4.98 Å². The maximum atomic E-state index is 5.16. The van der Waals surface area contributed by atoms with Gasteiger partial charge in [0.1, 0.15) is 4.83 Å². The summed E-state index contributed by atoms with van der Waals surface area (Å²) in [6.45, 7) is 2.39. The summed E-state index contributed by atoms with van der Waals surface area (Å²) < 4.78 is 0. The van der Waals surface area contributed by atoms with E-state index in [0.29, 0.717) is 0 Å². The molecule has 3 aromatic rings. The largest absolute Gasteiger partial charge is 1.00 e. The molecule has 2 heterocycles. The maximum Gasteiger partial charge on any atom is 0.124 e. The molecule has 3 heteroatoms. The van der Waals surface area contributed by atoms with E-state index in [-0.39, 0.29) is 12.4 Å². The number of aryl methyl sites for hydroxylation is 3. The molecule has 0 spiro atoms. The highest BCUT2D eigenvalue weighted by atomic mass is 35.5. The first-order valence-corrected chi connectivity index (χ1v) is 10.1. The monoisotopic (exact) mass is 368 g/mol. The lowest BCUT2D eigenvalue weighted by Crippen LogP contribution is -3.00. The Hall–Kier alpha value is -1.38. The van der Waals surface area contributed by atoms with Gasteiger partial charge in [-0.25, -0.2) is 4.98 Å². The molecule has 0 fully saturated rings. The highest BCUT2D eigenvalue weighted by Gasteiger charge is 2.27. The molecule has 130 valence electrons. The van der Waals surface area contributed by atoms with E-state index in [1.54, 1.807) is 16.0 Å². The van der Waals surface area contributed by atoms with Crippen LogP contribution in [0, 0.1) is 5.92 Å². The molecular weight excluding hydrogens is 346 g/mol. The predicted molar refractivity (Wildman–Crippen MR) is 103 cm³/mol. The fraction of sp³-hybridized carbons (Fsp3) is 0.409. The van der Waals surface area contributed by atoms with E-state index in [0.717, 1.165) is 12.3 Å². The number of hydrogen-bond donors (Lipinski definition) is 0. The van der Waals surface area contributed by atoms with E-state index in [4.69, 9.17) is 4.98 Å². The number of halogens is 1. The lowest BCUT2D eigenvalue weighted by atomic mass is 9.81. The molecule has 1 unspecified atom stereocenters. The molecule has 1 aromatic carbocycles. The average molecular weight is 369 g/mol. The molecule has 0 aliphatic heterocycles. The van der Waals surface area contributed by atoms with Crippen LogP contribution in [0.5, 0.6) is 0 Å². The van der Waals surface area contributed by atoms with Gasteiger partial charge in [-0.1, -0.05) is 37.3 Å². The van der Waals surface area contributed by atoms with Gasteiger partial charge in [0.25, 0.3) is 0 Å². The van der Waals surface area contributed by atoms with Crippen molar-refractivity contribution in [1.82, 2.24) is 4.98 Å². The Morgan fingerprint density at radius 3 is 2.64 bits per heavy atom.